The summed E-state index contributed by atoms with van der Waals surface area (Å²) in [7, 11) is 0. The van der Waals surface area contributed by atoms with Crippen LogP contribution in [0.3, 0.4) is 0 Å². The number of halogens is 1. The van der Waals surface area contributed by atoms with Gasteiger partial charge in [-0.05, 0) is 54.0 Å². The Morgan fingerprint density at radius 1 is 1.10 bits per heavy atom. The maximum atomic E-state index is 13.2. The van der Waals surface area contributed by atoms with Gasteiger partial charge in [0.1, 0.15) is 5.82 Å². The van der Waals surface area contributed by atoms with Crippen molar-refractivity contribution in [3.05, 3.63) is 71.7 Å². The number of para-hydroxylation sites is 1. The molecule has 0 unspecified atom stereocenters. The molecular formula is C26H31FN2O. The van der Waals surface area contributed by atoms with Crippen LogP contribution in [0.15, 0.2) is 54.7 Å². The molecule has 3 aromatic rings. The second-order valence-corrected chi connectivity index (χ2v) is 8.87. The molecule has 1 amide bonds. The Bertz CT molecular complexity index is 1010. The molecule has 0 radical (unpaired) electrons. The van der Waals surface area contributed by atoms with Crippen molar-refractivity contribution >= 4 is 16.8 Å². The standard InChI is InChI=1S/C26H31FN2O/c1-18-6-5-8-24(19(18)2)28-26(30)15-12-21-17-29(25-9-4-3-7-23(21)25)16-20-10-13-22(27)14-11-20/h3-4,7,9-11,13-14,17-19,24H,5-6,8,12,15-16H2,1-2H3,(H,28,30)/t18-,19+,24+/m1/s1. The largest absolute Gasteiger partial charge is 0.353 e. The highest BCUT2D eigenvalue weighted by Gasteiger charge is 2.28. The van der Waals surface area contributed by atoms with Crippen LogP contribution in [0.1, 0.15) is 50.7 Å². The van der Waals surface area contributed by atoms with E-state index in [2.05, 4.69) is 42.1 Å². The number of aromatic nitrogens is 1. The Morgan fingerprint density at radius 2 is 1.87 bits per heavy atom. The highest BCUT2D eigenvalue weighted by Crippen LogP contribution is 2.29. The zero-order valence-corrected chi connectivity index (χ0v) is 17.9. The fraction of sp³-hybridized carbons (Fsp3) is 0.423. The Kier molecular flexibility index (Phi) is 6.21. The molecule has 2 aromatic carbocycles. The third-order valence-corrected chi connectivity index (χ3v) is 6.81. The lowest BCUT2D eigenvalue weighted by molar-refractivity contribution is -0.122. The Morgan fingerprint density at radius 3 is 2.67 bits per heavy atom. The minimum Gasteiger partial charge on any atom is -0.353 e. The first-order valence-electron chi connectivity index (χ1n) is 11.1. The first kappa shape index (κ1) is 20.6. The Hall–Kier alpha value is -2.62. The number of benzene rings is 2. The Labute approximate surface area is 178 Å². The van der Waals surface area contributed by atoms with Gasteiger partial charge in [-0.15, -0.1) is 0 Å². The molecule has 0 spiro atoms. The highest BCUT2D eigenvalue weighted by atomic mass is 19.1. The van der Waals surface area contributed by atoms with Crippen LogP contribution in [0, 0.1) is 17.7 Å². The van der Waals surface area contributed by atoms with Crippen molar-refractivity contribution in [3.63, 3.8) is 0 Å². The van der Waals surface area contributed by atoms with E-state index in [0.717, 1.165) is 23.9 Å². The fourth-order valence-electron chi connectivity index (χ4n) is 4.75. The lowest BCUT2D eigenvalue weighted by Gasteiger charge is -2.34. The quantitative estimate of drug-likeness (QED) is 0.560. The van der Waals surface area contributed by atoms with Crippen LogP contribution in [0.25, 0.3) is 10.9 Å². The second-order valence-electron chi connectivity index (χ2n) is 8.87. The number of carbonyl (C=O) groups is 1. The van der Waals surface area contributed by atoms with Crippen LogP contribution < -0.4 is 5.32 Å². The third kappa shape index (κ3) is 4.58. The number of aryl methyl sites for hydroxylation is 1. The van der Waals surface area contributed by atoms with E-state index in [1.54, 1.807) is 0 Å². The van der Waals surface area contributed by atoms with E-state index < -0.39 is 0 Å². The predicted octanol–water partition coefficient (Wildman–Crippen LogP) is 5.70. The van der Waals surface area contributed by atoms with E-state index in [-0.39, 0.29) is 11.7 Å². The number of carbonyl (C=O) groups excluding carboxylic acids is 1. The molecule has 1 heterocycles. The average molecular weight is 407 g/mol. The molecule has 158 valence electrons. The summed E-state index contributed by atoms with van der Waals surface area (Å²) in [5, 5.41) is 4.48. The van der Waals surface area contributed by atoms with E-state index in [9.17, 15) is 9.18 Å². The topological polar surface area (TPSA) is 34.0 Å². The van der Waals surface area contributed by atoms with Gasteiger partial charge < -0.3 is 9.88 Å². The average Bonchev–Trinajstić information content (AvgIpc) is 3.09. The van der Waals surface area contributed by atoms with Gasteiger partial charge >= 0.3 is 0 Å². The molecule has 30 heavy (non-hydrogen) atoms. The SMILES string of the molecule is C[C@H]1[C@H](C)CCC[C@@H]1NC(=O)CCc1cn(Cc2ccc(F)cc2)c2ccccc12. The molecule has 1 N–H and O–H groups in total. The lowest BCUT2D eigenvalue weighted by Crippen LogP contribution is -2.43. The molecule has 0 saturated heterocycles. The number of hydrogen-bond acceptors (Lipinski definition) is 1. The van der Waals surface area contributed by atoms with E-state index in [1.807, 2.05) is 24.3 Å². The lowest BCUT2D eigenvalue weighted by atomic mass is 9.78. The van der Waals surface area contributed by atoms with Crippen molar-refractivity contribution in [2.45, 2.75) is 58.5 Å². The number of nitrogens with zero attached hydrogens (tertiary/aromatic N) is 1. The zero-order chi connectivity index (χ0) is 21.1. The molecule has 1 fully saturated rings. The minimum atomic E-state index is -0.218. The highest BCUT2D eigenvalue weighted by molar-refractivity contribution is 5.85. The summed E-state index contributed by atoms with van der Waals surface area (Å²) in [6.45, 7) is 5.24. The number of nitrogens with one attached hydrogen (secondary N) is 1. The summed E-state index contributed by atoms with van der Waals surface area (Å²) >= 11 is 0. The minimum absolute atomic E-state index is 0.149. The molecule has 1 aliphatic rings. The molecule has 1 aliphatic carbocycles. The van der Waals surface area contributed by atoms with E-state index in [1.165, 1.54) is 35.9 Å². The summed E-state index contributed by atoms with van der Waals surface area (Å²) in [6, 6.07) is 15.2. The zero-order valence-electron chi connectivity index (χ0n) is 17.9. The summed E-state index contributed by atoms with van der Waals surface area (Å²) < 4.78 is 15.4. The smallest absolute Gasteiger partial charge is 0.220 e. The van der Waals surface area contributed by atoms with Crippen LogP contribution in [-0.2, 0) is 17.8 Å². The summed E-state index contributed by atoms with van der Waals surface area (Å²) in [5.41, 5.74) is 3.39. The number of fused-ring (bicyclic) bond motifs is 1. The van der Waals surface area contributed by atoms with Crippen LogP contribution in [-0.4, -0.2) is 16.5 Å². The first-order chi connectivity index (χ1) is 14.5. The third-order valence-electron chi connectivity index (χ3n) is 6.81. The van der Waals surface area contributed by atoms with Gasteiger partial charge in [-0.25, -0.2) is 4.39 Å². The van der Waals surface area contributed by atoms with Crippen LogP contribution in [0.2, 0.25) is 0 Å². The number of hydrogen-bond donors (Lipinski definition) is 1. The van der Waals surface area contributed by atoms with Crippen LogP contribution in [0.5, 0.6) is 0 Å². The van der Waals surface area contributed by atoms with Gasteiger partial charge in [0.25, 0.3) is 0 Å². The summed E-state index contributed by atoms with van der Waals surface area (Å²) in [5.74, 6) is 1.15. The summed E-state index contributed by atoms with van der Waals surface area (Å²) in [6.07, 6.45) is 6.93. The summed E-state index contributed by atoms with van der Waals surface area (Å²) in [4.78, 5) is 12.6. The molecule has 3 nitrogen and oxygen atoms in total. The second kappa shape index (κ2) is 9.03. The van der Waals surface area contributed by atoms with E-state index in [4.69, 9.17) is 0 Å². The van der Waals surface area contributed by atoms with Crippen molar-refractivity contribution in [3.8, 4) is 0 Å². The first-order valence-corrected chi connectivity index (χ1v) is 11.1. The normalized spacial score (nSPS) is 21.6. The van der Waals surface area contributed by atoms with Crippen molar-refractivity contribution in [2.24, 2.45) is 11.8 Å². The Balaban J connectivity index is 1.45. The molecule has 3 atom stereocenters. The van der Waals surface area contributed by atoms with Gasteiger partial charge in [-0.3, -0.25) is 4.79 Å². The van der Waals surface area contributed by atoms with Gasteiger partial charge in [-0.2, -0.15) is 0 Å². The van der Waals surface area contributed by atoms with Gasteiger partial charge in [0.05, 0.1) is 0 Å². The van der Waals surface area contributed by atoms with Crippen molar-refractivity contribution < 1.29 is 9.18 Å². The maximum Gasteiger partial charge on any atom is 0.220 e. The van der Waals surface area contributed by atoms with Gasteiger partial charge in [0, 0.05) is 36.1 Å². The molecular weight excluding hydrogens is 375 g/mol. The van der Waals surface area contributed by atoms with Crippen LogP contribution >= 0.6 is 0 Å². The fourth-order valence-corrected chi connectivity index (χ4v) is 4.75. The molecule has 4 rings (SSSR count). The maximum absolute atomic E-state index is 13.2. The molecule has 1 aromatic heterocycles. The predicted molar refractivity (Wildman–Crippen MR) is 120 cm³/mol. The van der Waals surface area contributed by atoms with E-state index in [0.29, 0.717) is 30.8 Å². The molecule has 0 aliphatic heterocycles. The molecule has 4 heteroatoms. The van der Waals surface area contributed by atoms with E-state index >= 15 is 0 Å². The number of amides is 1. The van der Waals surface area contributed by atoms with Crippen LogP contribution in [0.4, 0.5) is 4.39 Å². The van der Waals surface area contributed by atoms with Gasteiger partial charge in [-0.1, -0.05) is 57.0 Å². The van der Waals surface area contributed by atoms with Crippen molar-refractivity contribution in [1.29, 1.82) is 0 Å². The molecule has 1 saturated carbocycles. The monoisotopic (exact) mass is 406 g/mol. The van der Waals surface area contributed by atoms with Gasteiger partial charge in [0.2, 0.25) is 5.91 Å². The number of rotatable bonds is 6. The van der Waals surface area contributed by atoms with Crippen molar-refractivity contribution in [2.75, 3.05) is 0 Å². The molecule has 0 bridgehead atoms. The van der Waals surface area contributed by atoms with Gasteiger partial charge in [0.15, 0.2) is 0 Å². The van der Waals surface area contributed by atoms with Crippen molar-refractivity contribution in [1.82, 2.24) is 9.88 Å².